The van der Waals surface area contributed by atoms with Crippen LogP contribution < -0.4 is 26.3 Å². The summed E-state index contributed by atoms with van der Waals surface area (Å²) >= 11 is 0. The number of aromatic nitrogens is 3. The quantitative estimate of drug-likeness (QED) is 0.545. The zero-order valence-corrected chi connectivity index (χ0v) is 20.8. The Kier molecular flexibility index (Phi) is 5.10. The highest BCUT2D eigenvalue weighted by Gasteiger charge is 2.32. The minimum Gasteiger partial charge on any atom is -0.368 e. The van der Waals surface area contributed by atoms with Crippen molar-refractivity contribution in [2.75, 3.05) is 48.1 Å². The maximum atomic E-state index is 15.6. The Morgan fingerprint density at radius 3 is 2.70 bits per heavy atom. The van der Waals surface area contributed by atoms with Gasteiger partial charge >= 0.3 is 5.69 Å². The third-order valence-electron chi connectivity index (χ3n) is 7.82. The van der Waals surface area contributed by atoms with Crippen molar-refractivity contribution in [2.45, 2.75) is 45.3 Å². The van der Waals surface area contributed by atoms with Gasteiger partial charge in [-0.15, -0.1) is 0 Å². The summed E-state index contributed by atoms with van der Waals surface area (Å²) in [5.74, 6) is 0.216. The van der Waals surface area contributed by atoms with E-state index in [1.807, 2.05) is 24.1 Å². The molecule has 3 aromatic rings. The van der Waals surface area contributed by atoms with Crippen LogP contribution in [-0.2, 0) is 13.1 Å². The molecule has 1 aromatic carbocycles. The molecule has 2 N–H and O–H groups in total. The number of halogens is 1. The Labute approximate surface area is 213 Å². The molecule has 0 spiro atoms. The Balaban J connectivity index is 1.07. The molecule has 5 heterocycles. The minimum atomic E-state index is -0.406. The minimum absolute atomic E-state index is 0.109. The average Bonchev–Trinajstić information content (AvgIpc) is 3.63. The van der Waals surface area contributed by atoms with Gasteiger partial charge in [0.25, 0.3) is 5.91 Å². The molecule has 1 aliphatic carbocycles. The van der Waals surface area contributed by atoms with Crippen LogP contribution in [0.1, 0.15) is 41.0 Å². The second-order valence-electron chi connectivity index (χ2n) is 10.4. The number of hydrazine groups is 1. The number of amides is 1. The molecule has 3 aliphatic heterocycles. The Morgan fingerprint density at radius 2 is 1.95 bits per heavy atom. The first-order valence-electron chi connectivity index (χ1n) is 13.0. The SMILES string of the molecule is Cc1nc(C(=O)NC2CC2)ccc1N1CCN(Cc2cc3c4c5n(c(=O)nc4c2F)CCCN5N3)CC1. The fraction of sp³-hybridized carbons (Fsp3) is 0.462. The maximum Gasteiger partial charge on any atom is 0.349 e. The number of nitrogens with zero attached hydrogens (tertiary/aromatic N) is 6. The van der Waals surface area contributed by atoms with E-state index in [1.165, 1.54) is 0 Å². The van der Waals surface area contributed by atoms with Crippen LogP contribution in [0.2, 0.25) is 0 Å². The number of benzene rings is 1. The summed E-state index contributed by atoms with van der Waals surface area (Å²) < 4.78 is 17.3. The highest BCUT2D eigenvalue weighted by Crippen LogP contribution is 2.41. The third-order valence-corrected chi connectivity index (χ3v) is 7.82. The van der Waals surface area contributed by atoms with Crippen LogP contribution >= 0.6 is 0 Å². The summed E-state index contributed by atoms with van der Waals surface area (Å²) in [7, 11) is 0. The Morgan fingerprint density at radius 1 is 1.14 bits per heavy atom. The van der Waals surface area contributed by atoms with Crippen LogP contribution in [0.25, 0.3) is 10.9 Å². The molecule has 1 saturated heterocycles. The molecule has 37 heavy (non-hydrogen) atoms. The van der Waals surface area contributed by atoms with Crippen molar-refractivity contribution < 1.29 is 9.18 Å². The highest BCUT2D eigenvalue weighted by molar-refractivity contribution is 6.05. The first kappa shape index (κ1) is 22.5. The van der Waals surface area contributed by atoms with Gasteiger partial charge < -0.3 is 10.2 Å². The largest absolute Gasteiger partial charge is 0.368 e. The molecule has 10 nitrogen and oxygen atoms in total. The van der Waals surface area contributed by atoms with E-state index < -0.39 is 11.5 Å². The molecule has 0 bridgehead atoms. The predicted octanol–water partition coefficient (Wildman–Crippen LogP) is 2.00. The molecule has 2 fully saturated rings. The van der Waals surface area contributed by atoms with E-state index in [0.717, 1.165) is 74.9 Å². The standard InChI is InChI=1S/C26H29FN8O2/c1-15-20(6-5-18(28-15)24(36)29-17-3-4-17)33-11-9-32(10-12-33)14-16-13-19-21-23(22(16)27)30-26(37)34-7-2-8-35(31-19)25(21)34/h5-6,13,17,31H,2-4,7-12,14H2,1H3,(H,29,36). The first-order chi connectivity index (χ1) is 18.0. The summed E-state index contributed by atoms with van der Waals surface area (Å²) in [6.07, 6.45) is 2.93. The second kappa shape index (κ2) is 8.41. The van der Waals surface area contributed by atoms with Gasteiger partial charge in [0.1, 0.15) is 17.0 Å². The van der Waals surface area contributed by atoms with E-state index in [-0.39, 0.29) is 11.4 Å². The van der Waals surface area contributed by atoms with Crippen molar-refractivity contribution in [1.82, 2.24) is 24.8 Å². The summed E-state index contributed by atoms with van der Waals surface area (Å²) in [6, 6.07) is 5.94. The van der Waals surface area contributed by atoms with Gasteiger partial charge in [0, 0.05) is 57.4 Å². The first-order valence-corrected chi connectivity index (χ1v) is 13.0. The number of hydrogen-bond donors (Lipinski definition) is 2. The number of anilines is 3. The highest BCUT2D eigenvalue weighted by atomic mass is 19.1. The lowest BCUT2D eigenvalue weighted by Crippen LogP contribution is -2.46. The van der Waals surface area contributed by atoms with Gasteiger partial charge in [-0.05, 0) is 44.4 Å². The van der Waals surface area contributed by atoms with E-state index in [4.69, 9.17) is 0 Å². The van der Waals surface area contributed by atoms with Gasteiger partial charge in [0.15, 0.2) is 5.82 Å². The number of piperazine rings is 1. The molecular weight excluding hydrogens is 475 g/mol. The van der Waals surface area contributed by atoms with Crippen molar-refractivity contribution >= 4 is 34.0 Å². The fourth-order valence-corrected chi connectivity index (χ4v) is 5.73. The van der Waals surface area contributed by atoms with Crippen LogP contribution in [0, 0.1) is 12.7 Å². The topological polar surface area (TPSA) is 98.6 Å². The van der Waals surface area contributed by atoms with Crippen molar-refractivity contribution in [1.29, 1.82) is 0 Å². The van der Waals surface area contributed by atoms with Crippen LogP contribution in [0.4, 0.5) is 21.6 Å². The van der Waals surface area contributed by atoms with Gasteiger partial charge in [-0.3, -0.25) is 24.7 Å². The van der Waals surface area contributed by atoms with E-state index in [9.17, 15) is 9.59 Å². The molecule has 4 aliphatic rings. The van der Waals surface area contributed by atoms with Gasteiger partial charge in [-0.1, -0.05) is 0 Å². The van der Waals surface area contributed by atoms with Crippen LogP contribution in [0.15, 0.2) is 23.0 Å². The third kappa shape index (κ3) is 3.79. The molecule has 2 aromatic heterocycles. The predicted molar refractivity (Wildman–Crippen MR) is 138 cm³/mol. The van der Waals surface area contributed by atoms with Crippen molar-refractivity contribution in [3.63, 3.8) is 0 Å². The summed E-state index contributed by atoms with van der Waals surface area (Å²) in [5, 5.41) is 5.62. The molecule has 0 radical (unpaired) electrons. The lowest BCUT2D eigenvalue weighted by atomic mass is 10.1. The molecule has 0 unspecified atom stereocenters. The normalized spacial score (nSPS) is 18.9. The maximum absolute atomic E-state index is 15.6. The van der Waals surface area contributed by atoms with E-state index >= 15 is 4.39 Å². The van der Waals surface area contributed by atoms with Gasteiger partial charge in [-0.25, -0.2) is 14.2 Å². The van der Waals surface area contributed by atoms with Crippen molar-refractivity contribution in [2.24, 2.45) is 0 Å². The smallest absolute Gasteiger partial charge is 0.349 e. The summed E-state index contributed by atoms with van der Waals surface area (Å²) in [6.45, 7) is 6.83. The summed E-state index contributed by atoms with van der Waals surface area (Å²) in [4.78, 5) is 38.1. The Bertz CT molecular complexity index is 1490. The average molecular weight is 505 g/mol. The second-order valence-corrected chi connectivity index (χ2v) is 10.4. The van der Waals surface area contributed by atoms with Gasteiger partial charge in [0.2, 0.25) is 0 Å². The molecule has 11 heteroatoms. The number of hydrogen-bond acceptors (Lipinski definition) is 8. The number of pyridine rings is 1. The van der Waals surface area contributed by atoms with Crippen molar-refractivity contribution in [3.8, 4) is 0 Å². The van der Waals surface area contributed by atoms with Crippen LogP contribution in [0.5, 0.6) is 0 Å². The number of nitrogens with one attached hydrogen (secondary N) is 2. The van der Waals surface area contributed by atoms with E-state index in [0.29, 0.717) is 35.8 Å². The fourth-order valence-electron chi connectivity index (χ4n) is 5.73. The lowest BCUT2D eigenvalue weighted by Gasteiger charge is -2.36. The summed E-state index contributed by atoms with van der Waals surface area (Å²) in [5.41, 5.74) is 6.78. The Hall–Kier alpha value is -3.73. The van der Waals surface area contributed by atoms with E-state index in [1.54, 1.807) is 10.6 Å². The van der Waals surface area contributed by atoms with Crippen molar-refractivity contribution in [3.05, 3.63) is 51.5 Å². The molecular formula is C26H29FN8O2. The lowest BCUT2D eigenvalue weighted by molar-refractivity contribution is 0.0946. The molecule has 1 saturated carbocycles. The molecule has 1 amide bonds. The number of carbonyl (C=O) groups excluding carboxylic acids is 1. The number of aryl methyl sites for hydroxylation is 1. The van der Waals surface area contributed by atoms with Crippen LogP contribution in [-0.4, -0.2) is 64.1 Å². The molecule has 0 atom stereocenters. The monoisotopic (exact) mass is 504 g/mol. The van der Waals surface area contributed by atoms with Crippen LogP contribution in [0.3, 0.4) is 0 Å². The van der Waals surface area contributed by atoms with E-state index in [2.05, 4.69) is 30.5 Å². The molecule has 192 valence electrons. The van der Waals surface area contributed by atoms with Gasteiger partial charge in [-0.2, -0.15) is 4.98 Å². The number of carbonyl (C=O) groups is 1. The van der Waals surface area contributed by atoms with Gasteiger partial charge in [0.05, 0.1) is 22.5 Å². The zero-order chi connectivity index (χ0) is 25.3. The molecule has 7 rings (SSSR count). The zero-order valence-electron chi connectivity index (χ0n) is 20.8. The number of rotatable bonds is 5.